The third-order valence-electron chi connectivity index (χ3n) is 4.09. The maximum atomic E-state index is 12.5. The summed E-state index contributed by atoms with van der Waals surface area (Å²) in [6.45, 7) is 7.03. The molecule has 1 amide bonds. The first-order valence-electron chi connectivity index (χ1n) is 8.79. The molecule has 0 aliphatic carbocycles. The Morgan fingerprint density at radius 3 is 2.46 bits per heavy atom. The Bertz CT molecular complexity index is 759. The molecule has 0 saturated heterocycles. The number of ether oxygens (including phenoxy) is 1. The number of anilines is 1. The molecule has 1 heterocycles. The van der Waals surface area contributed by atoms with E-state index >= 15 is 0 Å². The van der Waals surface area contributed by atoms with Crippen LogP contribution in [0.3, 0.4) is 0 Å². The van der Waals surface area contributed by atoms with Gasteiger partial charge in [-0.2, -0.15) is 4.98 Å². The molecule has 6 heteroatoms. The van der Waals surface area contributed by atoms with Crippen molar-refractivity contribution < 1.29 is 9.53 Å². The zero-order valence-corrected chi connectivity index (χ0v) is 16.5. The lowest BCUT2D eigenvalue weighted by Gasteiger charge is -2.22. The highest BCUT2D eigenvalue weighted by Gasteiger charge is 2.21. The second kappa shape index (κ2) is 8.76. The van der Waals surface area contributed by atoms with E-state index in [4.69, 9.17) is 4.74 Å². The summed E-state index contributed by atoms with van der Waals surface area (Å²) in [6, 6.07) is 8.28. The molecular formula is C20H28N4O2. The third-order valence-corrected chi connectivity index (χ3v) is 4.09. The van der Waals surface area contributed by atoms with Gasteiger partial charge in [0.15, 0.2) is 0 Å². The van der Waals surface area contributed by atoms with Gasteiger partial charge < -0.3 is 9.64 Å². The Balaban J connectivity index is 2.44. The lowest BCUT2D eigenvalue weighted by atomic mass is 10.0. The number of nitrogens with zero attached hydrogens (tertiary/aromatic N) is 4. The first kappa shape index (κ1) is 19.8. The van der Waals surface area contributed by atoms with Crippen LogP contribution in [-0.4, -0.2) is 55.1 Å². The van der Waals surface area contributed by atoms with Crippen LogP contribution in [0.5, 0.6) is 6.01 Å². The van der Waals surface area contributed by atoms with E-state index in [1.165, 1.54) is 0 Å². The van der Waals surface area contributed by atoms with Crippen molar-refractivity contribution in [3.63, 3.8) is 0 Å². The van der Waals surface area contributed by atoms with Crippen LogP contribution in [0.25, 0.3) is 11.1 Å². The summed E-state index contributed by atoms with van der Waals surface area (Å²) in [5, 5.41) is 0. The van der Waals surface area contributed by atoms with Crippen molar-refractivity contribution in [1.82, 2.24) is 14.9 Å². The first-order valence-corrected chi connectivity index (χ1v) is 8.79. The minimum atomic E-state index is -0.127. The number of rotatable bonds is 7. The second-order valence-corrected chi connectivity index (χ2v) is 6.91. The summed E-state index contributed by atoms with van der Waals surface area (Å²) in [4.78, 5) is 25.1. The number of hydrogen-bond acceptors (Lipinski definition) is 5. The summed E-state index contributed by atoms with van der Waals surface area (Å²) in [5.41, 5.74) is 2.93. The zero-order valence-electron chi connectivity index (χ0n) is 16.5. The predicted octanol–water partition coefficient (Wildman–Crippen LogP) is 3.01. The molecular weight excluding hydrogens is 328 g/mol. The number of carbonyl (C=O) groups is 1. The van der Waals surface area contributed by atoms with Crippen LogP contribution >= 0.6 is 0 Å². The highest BCUT2D eigenvalue weighted by atomic mass is 16.5. The fourth-order valence-corrected chi connectivity index (χ4v) is 2.56. The molecule has 2 rings (SSSR count). The van der Waals surface area contributed by atoms with Crippen LogP contribution in [0, 0.1) is 12.8 Å². The predicted molar refractivity (Wildman–Crippen MR) is 105 cm³/mol. The number of carbonyl (C=O) groups excluding carboxylic acids is 1. The number of hydrogen-bond donors (Lipinski definition) is 0. The monoisotopic (exact) mass is 356 g/mol. The Hall–Kier alpha value is -2.47. The molecule has 0 fully saturated rings. The Labute approximate surface area is 155 Å². The average Bonchev–Trinajstić information content (AvgIpc) is 2.60. The minimum absolute atomic E-state index is 0.00206. The van der Waals surface area contributed by atoms with E-state index in [9.17, 15) is 4.79 Å². The lowest BCUT2D eigenvalue weighted by molar-refractivity contribution is -0.121. The largest absolute Gasteiger partial charge is 0.462 e. The van der Waals surface area contributed by atoms with Crippen LogP contribution in [0.15, 0.2) is 30.5 Å². The minimum Gasteiger partial charge on any atom is -0.462 e. The summed E-state index contributed by atoms with van der Waals surface area (Å²) in [7, 11) is 5.70. The smallest absolute Gasteiger partial charge is 0.318 e. The van der Waals surface area contributed by atoms with E-state index in [2.05, 4.69) is 9.97 Å². The first-order chi connectivity index (χ1) is 12.3. The van der Waals surface area contributed by atoms with Crippen LogP contribution in [-0.2, 0) is 4.79 Å². The SMILES string of the molecule is Cc1ccccc1-c1cnc(OCCN(C)C)nc1N(C)C(=O)C(C)C. The van der Waals surface area contributed by atoms with Crippen molar-refractivity contribution in [2.45, 2.75) is 20.8 Å². The number of aromatic nitrogens is 2. The van der Waals surface area contributed by atoms with Crippen LogP contribution in [0.4, 0.5) is 5.82 Å². The van der Waals surface area contributed by atoms with Gasteiger partial charge in [-0.05, 0) is 32.1 Å². The molecule has 0 atom stereocenters. The van der Waals surface area contributed by atoms with E-state index in [1.807, 2.05) is 64.0 Å². The molecule has 140 valence electrons. The van der Waals surface area contributed by atoms with E-state index in [-0.39, 0.29) is 17.8 Å². The van der Waals surface area contributed by atoms with Crippen molar-refractivity contribution in [2.75, 3.05) is 39.2 Å². The molecule has 1 aromatic carbocycles. The van der Waals surface area contributed by atoms with Gasteiger partial charge in [0, 0.05) is 31.3 Å². The van der Waals surface area contributed by atoms with Crippen LogP contribution in [0.1, 0.15) is 19.4 Å². The van der Waals surface area contributed by atoms with Gasteiger partial charge in [0.25, 0.3) is 0 Å². The van der Waals surface area contributed by atoms with Crippen LogP contribution in [0.2, 0.25) is 0 Å². The van der Waals surface area contributed by atoms with Gasteiger partial charge in [-0.3, -0.25) is 9.69 Å². The Kier molecular flexibility index (Phi) is 6.69. The molecule has 0 saturated carbocycles. The normalized spacial score (nSPS) is 11.1. The summed E-state index contributed by atoms with van der Waals surface area (Å²) >= 11 is 0. The molecule has 26 heavy (non-hydrogen) atoms. The fraction of sp³-hybridized carbons (Fsp3) is 0.450. The summed E-state index contributed by atoms with van der Waals surface area (Å²) in [6.07, 6.45) is 1.74. The van der Waals surface area contributed by atoms with Crippen molar-refractivity contribution in [2.24, 2.45) is 5.92 Å². The van der Waals surface area contributed by atoms with E-state index < -0.39 is 0 Å². The van der Waals surface area contributed by atoms with Gasteiger partial charge in [-0.25, -0.2) is 4.98 Å². The summed E-state index contributed by atoms with van der Waals surface area (Å²) in [5.74, 6) is 0.434. The number of likely N-dealkylation sites (N-methyl/N-ethyl adjacent to an activating group) is 1. The van der Waals surface area contributed by atoms with E-state index in [0.29, 0.717) is 12.4 Å². The fourth-order valence-electron chi connectivity index (χ4n) is 2.56. The van der Waals surface area contributed by atoms with Gasteiger partial charge in [-0.15, -0.1) is 0 Å². The molecule has 0 aliphatic heterocycles. The molecule has 6 nitrogen and oxygen atoms in total. The maximum Gasteiger partial charge on any atom is 0.318 e. The summed E-state index contributed by atoms with van der Waals surface area (Å²) < 4.78 is 5.67. The molecule has 0 radical (unpaired) electrons. The van der Waals surface area contributed by atoms with Crippen molar-refractivity contribution in [1.29, 1.82) is 0 Å². The molecule has 0 bridgehead atoms. The maximum absolute atomic E-state index is 12.5. The van der Waals surface area contributed by atoms with Crippen molar-refractivity contribution in [3.8, 4) is 17.1 Å². The number of amides is 1. The van der Waals surface area contributed by atoms with E-state index in [0.717, 1.165) is 23.2 Å². The molecule has 0 unspecified atom stereocenters. The van der Waals surface area contributed by atoms with E-state index in [1.54, 1.807) is 18.1 Å². The van der Waals surface area contributed by atoms with Gasteiger partial charge >= 0.3 is 6.01 Å². The van der Waals surface area contributed by atoms with Crippen molar-refractivity contribution in [3.05, 3.63) is 36.0 Å². The Morgan fingerprint density at radius 2 is 1.85 bits per heavy atom. The highest BCUT2D eigenvalue weighted by molar-refractivity contribution is 5.97. The molecule has 0 spiro atoms. The molecule has 2 aromatic rings. The van der Waals surface area contributed by atoms with Gasteiger partial charge in [0.2, 0.25) is 5.91 Å². The molecule has 1 aromatic heterocycles. The number of aryl methyl sites for hydroxylation is 1. The second-order valence-electron chi connectivity index (χ2n) is 6.91. The topological polar surface area (TPSA) is 58.6 Å². The van der Waals surface area contributed by atoms with Crippen LogP contribution < -0.4 is 9.64 Å². The third kappa shape index (κ3) is 4.79. The lowest BCUT2D eigenvalue weighted by Crippen LogP contribution is -2.31. The standard InChI is InChI=1S/C20H28N4O2/c1-14(2)19(25)24(6)18-17(16-10-8-7-9-15(16)3)13-21-20(22-18)26-12-11-23(4)5/h7-10,13-14H,11-12H2,1-6H3. The Morgan fingerprint density at radius 1 is 1.15 bits per heavy atom. The van der Waals surface area contributed by atoms with Gasteiger partial charge in [0.05, 0.1) is 0 Å². The van der Waals surface area contributed by atoms with Gasteiger partial charge in [0.1, 0.15) is 12.4 Å². The highest BCUT2D eigenvalue weighted by Crippen LogP contribution is 2.32. The molecule has 0 aliphatic rings. The van der Waals surface area contributed by atoms with Crippen molar-refractivity contribution >= 4 is 11.7 Å². The number of benzene rings is 1. The average molecular weight is 356 g/mol. The zero-order chi connectivity index (χ0) is 19.3. The quantitative estimate of drug-likeness (QED) is 0.763. The molecule has 0 N–H and O–H groups in total. The van der Waals surface area contributed by atoms with Gasteiger partial charge in [-0.1, -0.05) is 38.1 Å².